The zero-order valence-electron chi connectivity index (χ0n) is 60.9. The number of ether oxygens (including phenoxy) is 4. The Morgan fingerprint density at radius 3 is 0.667 bits per heavy atom. The molecule has 0 rings (SSSR count). The number of hydrogen-bond acceptors (Lipinski definition) is 15. The van der Waals surface area contributed by atoms with Gasteiger partial charge in [0.25, 0.3) is 0 Å². The summed E-state index contributed by atoms with van der Waals surface area (Å²) in [5, 5.41) is 10.6. The Morgan fingerprint density at radius 1 is 0.269 bits per heavy atom. The molecule has 3 unspecified atom stereocenters. The van der Waals surface area contributed by atoms with Crippen molar-refractivity contribution in [3.63, 3.8) is 0 Å². The first kappa shape index (κ1) is 91.1. The van der Waals surface area contributed by atoms with E-state index in [0.717, 1.165) is 114 Å². The molecule has 0 fully saturated rings. The van der Waals surface area contributed by atoms with Gasteiger partial charge in [0, 0.05) is 25.7 Å². The summed E-state index contributed by atoms with van der Waals surface area (Å²) < 4.78 is 68.4. The minimum Gasteiger partial charge on any atom is -0.462 e. The number of rotatable bonds is 71. The highest BCUT2D eigenvalue weighted by Gasteiger charge is 2.30. The van der Waals surface area contributed by atoms with Gasteiger partial charge in [-0.2, -0.15) is 0 Å². The number of hydrogen-bond donors (Lipinski definition) is 3. The quantitative estimate of drug-likeness (QED) is 0.0222. The molecule has 0 amide bonds. The number of unbranched alkanes of at least 4 members (excludes halogenated alkanes) is 37. The summed E-state index contributed by atoms with van der Waals surface area (Å²) in [5.74, 6) is 0.890. The maximum Gasteiger partial charge on any atom is 0.472 e. The van der Waals surface area contributed by atoms with Crippen LogP contribution >= 0.6 is 15.6 Å². The third-order valence-corrected chi connectivity index (χ3v) is 19.0. The molecule has 552 valence electrons. The minimum atomic E-state index is -4.96. The molecule has 0 aromatic heterocycles. The monoisotopic (exact) mass is 1370 g/mol. The number of phosphoric ester groups is 2. The first-order chi connectivity index (χ1) is 44.6. The highest BCUT2D eigenvalue weighted by molar-refractivity contribution is 7.47. The van der Waals surface area contributed by atoms with E-state index in [4.69, 9.17) is 37.0 Å². The van der Waals surface area contributed by atoms with Gasteiger partial charge in [0.15, 0.2) is 12.2 Å². The molecular formula is C74H144O17P2. The number of carbonyl (C=O) groups is 4. The number of esters is 4. The fourth-order valence-corrected chi connectivity index (χ4v) is 12.8. The van der Waals surface area contributed by atoms with Crippen molar-refractivity contribution in [2.75, 3.05) is 39.6 Å². The average molecular weight is 1370 g/mol. The van der Waals surface area contributed by atoms with Gasteiger partial charge in [-0.1, -0.05) is 319 Å². The molecule has 5 atom stereocenters. The number of phosphoric acid groups is 2. The van der Waals surface area contributed by atoms with Gasteiger partial charge in [-0.05, 0) is 49.4 Å². The Kier molecular flexibility index (Phi) is 62.2. The van der Waals surface area contributed by atoms with Gasteiger partial charge in [0.1, 0.15) is 19.3 Å². The Bertz CT molecular complexity index is 1830. The molecule has 93 heavy (non-hydrogen) atoms. The van der Waals surface area contributed by atoms with Gasteiger partial charge in [-0.25, -0.2) is 9.13 Å². The fourth-order valence-electron chi connectivity index (χ4n) is 11.2. The zero-order chi connectivity index (χ0) is 68.9. The lowest BCUT2D eigenvalue weighted by atomic mass is 10.0. The molecule has 17 nitrogen and oxygen atoms in total. The van der Waals surface area contributed by atoms with Crippen LogP contribution in [0.5, 0.6) is 0 Å². The molecule has 0 radical (unpaired) electrons. The van der Waals surface area contributed by atoms with Crippen LogP contribution in [0.3, 0.4) is 0 Å². The van der Waals surface area contributed by atoms with Crippen molar-refractivity contribution in [1.82, 2.24) is 0 Å². The number of aliphatic hydroxyl groups is 1. The summed E-state index contributed by atoms with van der Waals surface area (Å²) in [5.41, 5.74) is 0. The summed E-state index contributed by atoms with van der Waals surface area (Å²) in [6.45, 7) is 14.1. The topological polar surface area (TPSA) is 237 Å². The van der Waals surface area contributed by atoms with E-state index in [1.165, 1.54) is 167 Å². The van der Waals surface area contributed by atoms with Crippen LogP contribution in [-0.2, 0) is 65.4 Å². The smallest absolute Gasteiger partial charge is 0.462 e. The molecule has 0 spiro atoms. The maximum absolute atomic E-state index is 13.1. The van der Waals surface area contributed by atoms with Crippen LogP contribution in [0, 0.1) is 23.7 Å². The molecular weight excluding hydrogens is 1220 g/mol. The molecule has 0 aliphatic rings. The van der Waals surface area contributed by atoms with Crippen LogP contribution in [0.2, 0.25) is 0 Å². The van der Waals surface area contributed by atoms with E-state index < -0.39 is 97.5 Å². The van der Waals surface area contributed by atoms with Crippen LogP contribution in [0.15, 0.2) is 0 Å². The van der Waals surface area contributed by atoms with Crippen molar-refractivity contribution in [3.8, 4) is 0 Å². The first-order valence-corrected chi connectivity index (χ1v) is 41.2. The van der Waals surface area contributed by atoms with Crippen LogP contribution in [0.1, 0.15) is 370 Å². The second-order valence-electron chi connectivity index (χ2n) is 28.6. The van der Waals surface area contributed by atoms with E-state index in [2.05, 4.69) is 55.4 Å². The highest BCUT2D eigenvalue weighted by Crippen LogP contribution is 2.45. The Hall–Kier alpha value is -1.94. The van der Waals surface area contributed by atoms with Crippen LogP contribution in [-0.4, -0.2) is 96.7 Å². The minimum absolute atomic E-state index is 0.105. The first-order valence-electron chi connectivity index (χ1n) is 38.2. The predicted octanol–water partition coefficient (Wildman–Crippen LogP) is 21.3. The van der Waals surface area contributed by atoms with E-state index >= 15 is 0 Å². The maximum atomic E-state index is 13.1. The molecule has 0 bridgehead atoms. The van der Waals surface area contributed by atoms with Crippen molar-refractivity contribution < 1.29 is 80.2 Å². The summed E-state index contributed by atoms with van der Waals surface area (Å²) in [7, 11) is -9.91. The zero-order valence-corrected chi connectivity index (χ0v) is 62.7. The molecule has 19 heteroatoms. The highest BCUT2D eigenvalue weighted by atomic mass is 31.2. The lowest BCUT2D eigenvalue weighted by molar-refractivity contribution is -0.161. The third-order valence-electron chi connectivity index (χ3n) is 17.1. The molecule has 0 saturated heterocycles. The predicted molar refractivity (Wildman–Crippen MR) is 377 cm³/mol. The van der Waals surface area contributed by atoms with E-state index in [0.29, 0.717) is 31.6 Å². The Balaban J connectivity index is 5.25. The van der Waals surface area contributed by atoms with Gasteiger partial charge in [-0.15, -0.1) is 0 Å². The summed E-state index contributed by atoms with van der Waals surface area (Å²) in [6, 6.07) is 0. The van der Waals surface area contributed by atoms with Crippen LogP contribution in [0.25, 0.3) is 0 Å². The molecule has 0 aliphatic carbocycles. The van der Waals surface area contributed by atoms with E-state index in [-0.39, 0.29) is 25.7 Å². The second-order valence-corrected chi connectivity index (χ2v) is 31.5. The molecule has 0 aliphatic heterocycles. The van der Waals surface area contributed by atoms with Gasteiger partial charge in [-0.3, -0.25) is 37.3 Å². The molecule has 0 saturated carbocycles. The van der Waals surface area contributed by atoms with Crippen LogP contribution < -0.4 is 0 Å². The molecule has 0 aromatic rings. The largest absolute Gasteiger partial charge is 0.472 e. The summed E-state index contributed by atoms with van der Waals surface area (Å²) >= 11 is 0. The summed E-state index contributed by atoms with van der Waals surface area (Å²) in [4.78, 5) is 72.7. The van der Waals surface area contributed by atoms with E-state index in [9.17, 15) is 43.2 Å². The van der Waals surface area contributed by atoms with Crippen molar-refractivity contribution >= 4 is 39.5 Å². The average Bonchev–Trinajstić information content (AvgIpc) is 3.06. The lowest BCUT2D eigenvalue weighted by Crippen LogP contribution is -2.30. The number of carbonyl (C=O) groups excluding carboxylic acids is 4. The van der Waals surface area contributed by atoms with Gasteiger partial charge < -0.3 is 33.8 Å². The summed E-state index contributed by atoms with van der Waals surface area (Å²) in [6.07, 6.45) is 47.2. The SMILES string of the molecule is CC(C)CCCCCCCCCCCCCCCC(=O)OC[C@H](COP(=O)(O)OCC(O)COP(=O)(O)OC[C@@H](COC(=O)CCCCCCCCCC(C)C)OC(=O)CCCCCCCCCCCCC(C)C)OC(=O)CCCCCCCCCCCCCC(C)C. The van der Waals surface area contributed by atoms with Crippen molar-refractivity contribution in [2.24, 2.45) is 23.7 Å². The Morgan fingerprint density at radius 2 is 0.452 bits per heavy atom. The van der Waals surface area contributed by atoms with Gasteiger partial charge >= 0.3 is 39.5 Å². The number of aliphatic hydroxyl groups excluding tert-OH is 1. The standard InChI is InChI=1S/C74H144O17P2/c1-64(2)50-42-34-26-19-13-10-9-11-15-22-30-38-46-54-71(76)84-60-69(90-73(78)56-48-40-31-23-16-12-14-20-27-35-43-51-65(3)4)62-88-92(80,81)86-58-68(75)59-87-93(82,83)89-63-70(61-85-72(77)55-47-39-33-25-29-37-45-53-67(7)8)91-74(79)57-49-41-32-24-18-17-21-28-36-44-52-66(5)6/h64-70,75H,9-63H2,1-8H3,(H,80,81)(H,82,83)/t68?,69-,70-/m1/s1. The van der Waals surface area contributed by atoms with E-state index in [1.807, 2.05) is 0 Å². The second kappa shape index (κ2) is 63.5. The van der Waals surface area contributed by atoms with E-state index in [1.54, 1.807) is 0 Å². The fraction of sp³-hybridized carbons (Fsp3) is 0.946. The lowest BCUT2D eigenvalue weighted by Gasteiger charge is -2.21. The third kappa shape index (κ3) is 68.4. The Labute approximate surface area is 568 Å². The van der Waals surface area contributed by atoms with Crippen molar-refractivity contribution in [3.05, 3.63) is 0 Å². The molecule has 0 heterocycles. The van der Waals surface area contributed by atoms with Crippen molar-refractivity contribution in [1.29, 1.82) is 0 Å². The van der Waals surface area contributed by atoms with Gasteiger partial charge in [0.05, 0.1) is 26.4 Å². The van der Waals surface area contributed by atoms with Crippen LogP contribution in [0.4, 0.5) is 0 Å². The van der Waals surface area contributed by atoms with Crippen molar-refractivity contribution in [2.45, 2.75) is 388 Å². The van der Waals surface area contributed by atoms with Gasteiger partial charge in [0.2, 0.25) is 0 Å². The normalized spacial score (nSPS) is 14.2. The molecule has 0 aromatic carbocycles. The molecule has 3 N–H and O–H groups in total.